The maximum atomic E-state index is 9.54. The molecule has 0 aliphatic rings. The van der Waals surface area contributed by atoms with Gasteiger partial charge in [0.1, 0.15) is 0 Å². The third kappa shape index (κ3) is 3.89. The van der Waals surface area contributed by atoms with E-state index in [1.54, 1.807) is 24.8 Å². The molecule has 1 atom stereocenters. The highest BCUT2D eigenvalue weighted by Gasteiger charge is 2.08. The van der Waals surface area contributed by atoms with E-state index in [2.05, 4.69) is 15.9 Å². The molecule has 0 unspecified atom stereocenters. The van der Waals surface area contributed by atoms with Crippen LogP contribution in [-0.2, 0) is 0 Å². The van der Waals surface area contributed by atoms with E-state index in [4.69, 9.17) is 23.2 Å². The highest BCUT2D eigenvalue weighted by atomic mass is 79.9. The summed E-state index contributed by atoms with van der Waals surface area (Å²) in [5, 5.41) is 10.6. The fraction of sp³-hybridized carbons (Fsp3) is 0.143. The summed E-state index contributed by atoms with van der Waals surface area (Å²) in [4.78, 5) is 2.07. The van der Waals surface area contributed by atoms with Crippen LogP contribution in [0.4, 0.5) is 0 Å². The zero-order valence-corrected chi connectivity index (χ0v) is 13.9. The van der Waals surface area contributed by atoms with Gasteiger partial charge in [-0.05, 0) is 58.7 Å². The van der Waals surface area contributed by atoms with Crippen molar-refractivity contribution in [3.63, 3.8) is 0 Å². The van der Waals surface area contributed by atoms with Gasteiger partial charge in [0.15, 0.2) is 0 Å². The van der Waals surface area contributed by atoms with Crippen LogP contribution in [0.2, 0.25) is 10.0 Å². The Morgan fingerprint density at radius 2 is 1.84 bits per heavy atom. The Kier molecular flexibility index (Phi) is 5.21. The Morgan fingerprint density at radius 1 is 1.11 bits per heavy atom. The predicted molar refractivity (Wildman–Crippen MR) is 85.4 cm³/mol. The summed E-state index contributed by atoms with van der Waals surface area (Å²) in [5.74, 6) is 0. The summed E-state index contributed by atoms with van der Waals surface area (Å²) in [5.41, 5.74) is 0.880. The van der Waals surface area contributed by atoms with Crippen LogP contribution in [0.25, 0.3) is 0 Å². The molecule has 0 spiro atoms. The van der Waals surface area contributed by atoms with E-state index < -0.39 is 6.10 Å². The second-order valence-electron chi connectivity index (χ2n) is 4.04. The Bertz CT molecular complexity index is 602. The van der Waals surface area contributed by atoms with Gasteiger partial charge in [0, 0.05) is 14.3 Å². The fourth-order valence-electron chi connectivity index (χ4n) is 1.53. The summed E-state index contributed by atoms with van der Waals surface area (Å²) in [7, 11) is 0. The van der Waals surface area contributed by atoms with Crippen LogP contribution in [0.15, 0.2) is 50.7 Å². The van der Waals surface area contributed by atoms with Crippen LogP contribution >= 0.6 is 50.9 Å². The molecule has 1 nitrogen and oxygen atoms in total. The van der Waals surface area contributed by atoms with E-state index in [0.717, 1.165) is 19.8 Å². The molecule has 0 amide bonds. The molecule has 100 valence electrons. The van der Waals surface area contributed by atoms with Gasteiger partial charge in [-0.2, -0.15) is 0 Å². The van der Waals surface area contributed by atoms with Crippen molar-refractivity contribution < 1.29 is 5.11 Å². The summed E-state index contributed by atoms with van der Waals surface area (Å²) >= 11 is 17.0. The molecule has 2 aromatic carbocycles. The second kappa shape index (κ2) is 6.51. The molecule has 0 saturated heterocycles. The maximum absolute atomic E-state index is 9.54. The zero-order chi connectivity index (χ0) is 14.0. The van der Waals surface area contributed by atoms with Crippen molar-refractivity contribution >= 4 is 50.9 Å². The minimum Gasteiger partial charge on any atom is -0.389 e. The molecular weight excluding hydrogens is 367 g/mol. The van der Waals surface area contributed by atoms with Gasteiger partial charge >= 0.3 is 0 Å². The van der Waals surface area contributed by atoms with Crippen molar-refractivity contribution in [2.75, 3.05) is 0 Å². The van der Waals surface area contributed by atoms with Gasteiger partial charge < -0.3 is 5.11 Å². The molecule has 2 aromatic rings. The fourth-order valence-corrected chi connectivity index (χ4v) is 3.39. The molecule has 0 fully saturated rings. The molecule has 19 heavy (non-hydrogen) atoms. The monoisotopic (exact) mass is 376 g/mol. The molecule has 2 rings (SSSR count). The average Bonchev–Trinajstić information content (AvgIpc) is 2.36. The van der Waals surface area contributed by atoms with Crippen molar-refractivity contribution in [3.05, 3.63) is 56.5 Å². The number of hydrogen-bond acceptors (Lipinski definition) is 2. The third-order valence-corrected chi connectivity index (χ3v) is 5.28. The first kappa shape index (κ1) is 15.2. The first-order valence-corrected chi connectivity index (χ1v) is 7.94. The molecule has 0 aliphatic heterocycles. The van der Waals surface area contributed by atoms with Crippen molar-refractivity contribution in [3.8, 4) is 0 Å². The lowest BCUT2D eigenvalue weighted by Crippen LogP contribution is -1.90. The average molecular weight is 378 g/mol. The molecule has 0 aromatic heterocycles. The van der Waals surface area contributed by atoms with Crippen LogP contribution in [0.3, 0.4) is 0 Å². The molecule has 1 N–H and O–H groups in total. The standard InChI is InChI=1S/C14H11BrCl2OS/c1-8(18)9-2-5-14(11(15)6-9)19-10-3-4-12(16)13(17)7-10/h2-8,18H,1H3/t8-/m1/s1. The number of hydrogen-bond donors (Lipinski definition) is 1. The van der Waals surface area contributed by atoms with E-state index in [1.165, 1.54) is 0 Å². The number of rotatable bonds is 3. The largest absolute Gasteiger partial charge is 0.389 e. The van der Waals surface area contributed by atoms with Gasteiger partial charge in [0.05, 0.1) is 16.1 Å². The van der Waals surface area contributed by atoms with Gasteiger partial charge in [-0.1, -0.05) is 41.0 Å². The number of aliphatic hydroxyl groups is 1. The zero-order valence-electron chi connectivity index (χ0n) is 10.0. The van der Waals surface area contributed by atoms with Crippen LogP contribution in [-0.4, -0.2) is 5.11 Å². The van der Waals surface area contributed by atoms with Crippen molar-refractivity contribution in [2.45, 2.75) is 22.8 Å². The molecule has 0 aliphatic carbocycles. The first-order chi connectivity index (χ1) is 8.97. The van der Waals surface area contributed by atoms with Crippen LogP contribution in [0, 0.1) is 0 Å². The van der Waals surface area contributed by atoms with Crippen molar-refractivity contribution in [2.24, 2.45) is 0 Å². The molecule has 0 heterocycles. The molecule has 5 heteroatoms. The summed E-state index contributed by atoms with van der Waals surface area (Å²) in [6.45, 7) is 1.74. The van der Waals surface area contributed by atoms with Crippen molar-refractivity contribution in [1.29, 1.82) is 0 Å². The maximum Gasteiger partial charge on any atom is 0.0762 e. The third-order valence-electron chi connectivity index (χ3n) is 2.56. The Balaban J connectivity index is 2.25. The number of aliphatic hydroxyl groups excluding tert-OH is 1. The van der Waals surface area contributed by atoms with Crippen LogP contribution in [0.1, 0.15) is 18.6 Å². The quantitative estimate of drug-likeness (QED) is 0.711. The van der Waals surface area contributed by atoms with Crippen molar-refractivity contribution in [1.82, 2.24) is 0 Å². The van der Waals surface area contributed by atoms with E-state index in [1.807, 2.05) is 30.3 Å². The molecule has 0 bridgehead atoms. The van der Waals surface area contributed by atoms with Gasteiger partial charge in [-0.25, -0.2) is 0 Å². The van der Waals surface area contributed by atoms with E-state index >= 15 is 0 Å². The van der Waals surface area contributed by atoms with Gasteiger partial charge in [-0.3, -0.25) is 0 Å². The Morgan fingerprint density at radius 3 is 2.42 bits per heavy atom. The molecule has 0 saturated carbocycles. The molecule has 0 radical (unpaired) electrons. The topological polar surface area (TPSA) is 20.2 Å². The Labute approximate surface area is 135 Å². The Hall–Kier alpha value is -0.190. The van der Waals surface area contributed by atoms with E-state index in [9.17, 15) is 5.11 Å². The van der Waals surface area contributed by atoms with Crippen LogP contribution in [0.5, 0.6) is 0 Å². The van der Waals surface area contributed by atoms with Gasteiger partial charge in [0.25, 0.3) is 0 Å². The number of benzene rings is 2. The lowest BCUT2D eigenvalue weighted by atomic mass is 10.1. The lowest BCUT2D eigenvalue weighted by molar-refractivity contribution is 0.199. The number of halogens is 3. The van der Waals surface area contributed by atoms with Crippen LogP contribution < -0.4 is 0 Å². The minimum atomic E-state index is -0.472. The highest BCUT2D eigenvalue weighted by Crippen LogP contribution is 2.37. The smallest absolute Gasteiger partial charge is 0.0762 e. The summed E-state index contributed by atoms with van der Waals surface area (Å²) in [6, 6.07) is 11.3. The van der Waals surface area contributed by atoms with E-state index in [-0.39, 0.29) is 0 Å². The lowest BCUT2D eigenvalue weighted by Gasteiger charge is -2.09. The van der Waals surface area contributed by atoms with E-state index in [0.29, 0.717) is 10.0 Å². The molecular formula is C14H11BrCl2OS. The predicted octanol–water partition coefficient (Wildman–Crippen LogP) is 5.96. The highest BCUT2D eigenvalue weighted by molar-refractivity contribution is 9.10. The SMILES string of the molecule is C[C@@H](O)c1ccc(Sc2ccc(Cl)c(Cl)c2)c(Br)c1. The summed E-state index contributed by atoms with van der Waals surface area (Å²) in [6.07, 6.45) is -0.472. The normalized spacial score (nSPS) is 12.5. The van der Waals surface area contributed by atoms with Gasteiger partial charge in [-0.15, -0.1) is 0 Å². The first-order valence-electron chi connectivity index (χ1n) is 5.58. The summed E-state index contributed by atoms with van der Waals surface area (Å²) < 4.78 is 0.946. The minimum absolute atomic E-state index is 0.472. The second-order valence-corrected chi connectivity index (χ2v) is 6.83. The van der Waals surface area contributed by atoms with Gasteiger partial charge in [0.2, 0.25) is 0 Å².